The van der Waals surface area contributed by atoms with E-state index >= 15 is 0 Å². The van der Waals surface area contributed by atoms with Gasteiger partial charge >= 0.3 is 12.2 Å². The van der Waals surface area contributed by atoms with E-state index < -0.39 is 17.8 Å². The summed E-state index contributed by atoms with van der Waals surface area (Å²) in [6.45, 7) is 1.73. The molecule has 0 aliphatic carbocycles. The molecule has 4 rings (SSSR count). The quantitative estimate of drug-likeness (QED) is 0.420. The molecule has 0 aliphatic rings. The van der Waals surface area contributed by atoms with Crippen LogP contribution in [0.25, 0.3) is 5.82 Å². The van der Waals surface area contributed by atoms with Gasteiger partial charge in [-0.05, 0) is 43.3 Å². The topological polar surface area (TPSA) is 94.0 Å². The van der Waals surface area contributed by atoms with Gasteiger partial charge in [-0.2, -0.15) is 18.2 Å². The van der Waals surface area contributed by atoms with E-state index in [9.17, 15) is 18.0 Å². The zero-order valence-corrected chi connectivity index (χ0v) is 17.2. The number of carbonyl (C=O) groups excluding carboxylic acids is 1. The number of amides is 2. The number of carbonyl (C=O) groups is 1. The molecule has 0 saturated heterocycles. The predicted molar refractivity (Wildman–Crippen MR) is 114 cm³/mol. The molecule has 0 unspecified atom stereocenters. The van der Waals surface area contributed by atoms with E-state index in [0.29, 0.717) is 29.0 Å². The standard InChI is InChI=1S/C22H17F3N6O2/c1-14-27-19(31-11-10-26-13-31)12-20(28-14)33-16-8-6-15(7-9-16)29-21(32)30-18-5-3-2-4-17(18)22(23,24)25/h2-13H,1H3,(H2,29,30,32). The zero-order valence-electron chi connectivity index (χ0n) is 17.2. The Hall–Kier alpha value is -4.41. The minimum atomic E-state index is -4.58. The van der Waals surface area contributed by atoms with E-state index in [1.807, 2.05) is 0 Å². The molecule has 8 nitrogen and oxygen atoms in total. The maximum absolute atomic E-state index is 13.1. The summed E-state index contributed by atoms with van der Waals surface area (Å²) in [4.78, 5) is 24.7. The Balaban J connectivity index is 1.42. The van der Waals surface area contributed by atoms with Crippen molar-refractivity contribution >= 4 is 17.4 Å². The number of ether oxygens (including phenoxy) is 1. The third-order valence-electron chi connectivity index (χ3n) is 4.39. The van der Waals surface area contributed by atoms with E-state index in [0.717, 1.165) is 6.07 Å². The number of nitrogens with zero attached hydrogens (tertiary/aromatic N) is 4. The van der Waals surface area contributed by atoms with Gasteiger partial charge in [0.1, 0.15) is 23.7 Å². The molecule has 11 heteroatoms. The summed E-state index contributed by atoms with van der Waals surface area (Å²) in [6.07, 6.45) is 0.385. The molecule has 0 bridgehead atoms. The average Bonchev–Trinajstić information content (AvgIpc) is 3.29. The molecule has 2 aromatic carbocycles. The van der Waals surface area contributed by atoms with Gasteiger partial charge in [-0.1, -0.05) is 12.1 Å². The Bertz CT molecular complexity index is 1260. The number of nitrogens with one attached hydrogen (secondary N) is 2. The number of hydrogen-bond acceptors (Lipinski definition) is 5. The number of hydrogen-bond donors (Lipinski definition) is 2. The summed E-state index contributed by atoms with van der Waals surface area (Å²) < 4.78 is 46.7. The lowest BCUT2D eigenvalue weighted by Crippen LogP contribution is -2.21. The third kappa shape index (κ3) is 5.45. The summed E-state index contributed by atoms with van der Waals surface area (Å²) in [7, 11) is 0. The van der Waals surface area contributed by atoms with Crippen molar-refractivity contribution in [1.29, 1.82) is 0 Å². The van der Waals surface area contributed by atoms with Gasteiger partial charge in [0.2, 0.25) is 5.88 Å². The van der Waals surface area contributed by atoms with Crippen molar-refractivity contribution in [1.82, 2.24) is 19.5 Å². The molecule has 0 fully saturated rings. The fraction of sp³-hybridized carbons (Fsp3) is 0.0909. The number of urea groups is 1. The van der Waals surface area contributed by atoms with Gasteiger partial charge in [0.25, 0.3) is 0 Å². The Morgan fingerprint density at radius 1 is 1.03 bits per heavy atom. The second-order valence-corrected chi connectivity index (χ2v) is 6.83. The van der Waals surface area contributed by atoms with Crippen LogP contribution in [0.2, 0.25) is 0 Å². The summed E-state index contributed by atoms with van der Waals surface area (Å²) >= 11 is 0. The molecule has 2 heterocycles. The van der Waals surface area contributed by atoms with Gasteiger partial charge < -0.3 is 15.4 Å². The summed E-state index contributed by atoms with van der Waals surface area (Å²) in [5.74, 6) is 1.85. The van der Waals surface area contributed by atoms with Crippen molar-refractivity contribution in [3.63, 3.8) is 0 Å². The van der Waals surface area contributed by atoms with Crippen LogP contribution in [-0.4, -0.2) is 25.6 Å². The molecule has 0 atom stereocenters. The molecule has 0 aliphatic heterocycles. The normalized spacial score (nSPS) is 11.2. The maximum atomic E-state index is 13.1. The number of imidazole rings is 1. The van der Waals surface area contributed by atoms with Gasteiger partial charge in [0.15, 0.2) is 0 Å². The number of halogens is 3. The van der Waals surface area contributed by atoms with Crippen molar-refractivity contribution in [3.8, 4) is 17.4 Å². The first kappa shape index (κ1) is 21.8. The van der Waals surface area contributed by atoms with Gasteiger partial charge in [0.05, 0.1) is 11.3 Å². The molecule has 0 spiro atoms. The molecule has 168 valence electrons. The number of alkyl halides is 3. The summed E-state index contributed by atoms with van der Waals surface area (Å²) in [5.41, 5.74) is -0.906. The first-order valence-electron chi connectivity index (χ1n) is 9.64. The number of benzene rings is 2. The van der Waals surface area contributed by atoms with Gasteiger partial charge in [-0.15, -0.1) is 0 Å². The second kappa shape index (κ2) is 8.99. The number of aryl methyl sites for hydroxylation is 1. The van der Waals surface area contributed by atoms with E-state index in [2.05, 4.69) is 25.6 Å². The first-order valence-corrected chi connectivity index (χ1v) is 9.64. The predicted octanol–water partition coefficient (Wildman–Crippen LogP) is 5.43. The molecule has 2 N–H and O–H groups in total. The smallest absolute Gasteiger partial charge is 0.418 e. The highest BCUT2D eigenvalue weighted by Crippen LogP contribution is 2.34. The van der Waals surface area contributed by atoms with E-state index in [1.54, 1.807) is 60.5 Å². The van der Waals surface area contributed by atoms with Crippen LogP contribution < -0.4 is 15.4 Å². The Morgan fingerprint density at radius 3 is 2.48 bits per heavy atom. The number of rotatable bonds is 5. The maximum Gasteiger partial charge on any atom is 0.418 e. The average molecular weight is 454 g/mol. The molecule has 2 aromatic heterocycles. The van der Waals surface area contributed by atoms with Crippen LogP contribution in [0.3, 0.4) is 0 Å². The fourth-order valence-corrected chi connectivity index (χ4v) is 2.96. The minimum Gasteiger partial charge on any atom is -0.439 e. The highest BCUT2D eigenvalue weighted by atomic mass is 19.4. The highest BCUT2D eigenvalue weighted by molar-refractivity contribution is 6.00. The van der Waals surface area contributed by atoms with Crippen LogP contribution in [-0.2, 0) is 6.18 Å². The molecule has 0 saturated carbocycles. The highest BCUT2D eigenvalue weighted by Gasteiger charge is 2.33. The Labute approximate surface area is 186 Å². The number of aromatic nitrogens is 4. The first-order chi connectivity index (χ1) is 15.8. The monoisotopic (exact) mass is 454 g/mol. The van der Waals surface area contributed by atoms with Crippen molar-refractivity contribution in [2.45, 2.75) is 13.1 Å². The van der Waals surface area contributed by atoms with Crippen LogP contribution in [0.1, 0.15) is 11.4 Å². The third-order valence-corrected chi connectivity index (χ3v) is 4.39. The zero-order chi connectivity index (χ0) is 23.4. The van der Waals surface area contributed by atoms with Crippen molar-refractivity contribution < 1.29 is 22.7 Å². The van der Waals surface area contributed by atoms with Crippen molar-refractivity contribution in [3.05, 3.63) is 84.7 Å². The van der Waals surface area contributed by atoms with Crippen LogP contribution in [0.4, 0.5) is 29.3 Å². The number of anilines is 2. The second-order valence-electron chi connectivity index (χ2n) is 6.83. The van der Waals surface area contributed by atoms with Crippen molar-refractivity contribution in [2.24, 2.45) is 0 Å². The molecular formula is C22H17F3N6O2. The molecule has 0 radical (unpaired) electrons. The van der Waals surface area contributed by atoms with Gasteiger partial charge in [-0.25, -0.2) is 14.8 Å². The lowest BCUT2D eigenvalue weighted by atomic mass is 10.1. The van der Waals surface area contributed by atoms with Crippen LogP contribution in [0.5, 0.6) is 11.6 Å². The molecule has 4 aromatic rings. The molecular weight excluding hydrogens is 437 g/mol. The molecule has 2 amide bonds. The van der Waals surface area contributed by atoms with Crippen LogP contribution >= 0.6 is 0 Å². The van der Waals surface area contributed by atoms with Crippen LogP contribution in [0, 0.1) is 6.92 Å². The van der Waals surface area contributed by atoms with Gasteiger partial charge in [0, 0.05) is 24.1 Å². The number of para-hydroxylation sites is 1. The van der Waals surface area contributed by atoms with Crippen LogP contribution in [0.15, 0.2) is 73.3 Å². The van der Waals surface area contributed by atoms with E-state index in [1.165, 1.54) is 18.2 Å². The lowest BCUT2D eigenvalue weighted by Gasteiger charge is -2.14. The minimum absolute atomic E-state index is 0.313. The van der Waals surface area contributed by atoms with E-state index in [-0.39, 0.29) is 5.69 Å². The van der Waals surface area contributed by atoms with Crippen molar-refractivity contribution in [2.75, 3.05) is 10.6 Å². The fourth-order valence-electron chi connectivity index (χ4n) is 2.96. The Kier molecular flexibility index (Phi) is 5.94. The van der Waals surface area contributed by atoms with E-state index in [4.69, 9.17) is 4.74 Å². The lowest BCUT2D eigenvalue weighted by molar-refractivity contribution is -0.136. The molecule has 33 heavy (non-hydrogen) atoms. The summed E-state index contributed by atoms with van der Waals surface area (Å²) in [5, 5.41) is 4.71. The Morgan fingerprint density at radius 2 is 1.79 bits per heavy atom. The summed E-state index contributed by atoms with van der Waals surface area (Å²) in [6, 6.07) is 11.9. The SMILES string of the molecule is Cc1nc(Oc2ccc(NC(=O)Nc3ccccc3C(F)(F)F)cc2)cc(-n2ccnc2)n1. The van der Waals surface area contributed by atoms with Gasteiger partial charge in [-0.3, -0.25) is 4.57 Å². The largest absolute Gasteiger partial charge is 0.439 e.